The maximum atomic E-state index is 11.8. The van der Waals surface area contributed by atoms with Crippen LogP contribution in [0.25, 0.3) is 11.0 Å². The van der Waals surface area contributed by atoms with Gasteiger partial charge in [0.25, 0.3) is 0 Å². The molecule has 0 aliphatic carbocycles. The molecule has 4 heteroatoms. The van der Waals surface area contributed by atoms with Gasteiger partial charge in [-0.05, 0) is 26.0 Å². The van der Waals surface area contributed by atoms with E-state index in [0.29, 0.717) is 11.3 Å². The number of para-hydroxylation sites is 1. The summed E-state index contributed by atoms with van der Waals surface area (Å²) in [5, 5.41) is 7.51. The fraction of sp³-hybridized carbons (Fsp3) is 0.286. The summed E-state index contributed by atoms with van der Waals surface area (Å²) in [5.41, 5.74) is 0.642. The summed E-state index contributed by atoms with van der Waals surface area (Å²) in [5.74, 6) is 2.34. The number of aromatic nitrogens is 1. The summed E-state index contributed by atoms with van der Waals surface area (Å²) in [7, 11) is 0. The van der Waals surface area contributed by atoms with Gasteiger partial charge in [-0.25, -0.2) is 0 Å². The molecule has 4 nitrogen and oxygen atoms in total. The van der Waals surface area contributed by atoms with Crippen LogP contribution in [0.3, 0.4) is 0 Å². The molecular weight excluding hydrogens is 228 g/mol. The van der Waals surface area contributed by atoms with Gasteiger partial charge in [-0.2, -0.15) is 0 Å². The number of fused-ring (bicyclic) bond motifs is 1. The summed E-state index contributed by atoms with van der Waals surface area (Å²) in [4.78, 5) is 11.8. The maximum absolute atomic E-state index is 11.8. The number of hydrogen-bond donors (Lipinski definition) is 1. The molecule has 0 atom stereocenters. The van der Waals surface area contributed by atoms with Gasteiger partial charge >= 0.3 is 0 Å². The second-order valence-electron chi connectivity index (χ2n) is 4.62. The highest BCUT2D eigenvalue weighted by molar-refractivity contribution is 5.86. The Morgan fingerprint density at radius 1 is 1.50 bits per heavy atom. The van der Waals surface area contributed by atoms with E-state index in [2.05, 4.69) is 16.4 Å². The highest BCUT2D eigenvalue weighted by atomic mass is 16.5. The molecular formula is C14H14N2O2. The Hall–Kier alpha value is -2.28. The van der Waals surface area contributed by atoms with Gasteiger partial charge in [-0.1, -0.05) is 23.2 Å². The minimum Gasteiger partial charge on any atom is -0.356 e. The normalized spacial score (nSPS) is 11.2. The molecule has 0 spiro atoms. The Balaban J connectivity index is 2.15. The van der Waals surface area contributed by atoms with Crippen LogP contribution >= 0.6 is 0 Å². The standard InChI is InChI=1S/C14H14N2O2/c1-4-14(2,3)15-13(17)9-11-10-7-5-6-8-12(10)18-16-11/h1,5-8H,9H2,2-3H3,(H,15,17). The van der Waals surface area contributed by atoms with Crippen molar-refractivity contribution in [3.8, 4) is 12.3 Å². The van der Waals surface area contributed by atoms with E-state index in [4.69, 9.17) is 10.9 Å². The lowest BCUT2D eigenvalue weighted by Crippen LogP contribution is -2.42. The first-order chi connectivity index (χ1) is 8.52. The monoisotopic (exact) mass is 242 g/mol. The van der Waals surface area contributed by atoms with Crippen molar-refractivity contribution in [3.63, 3.8) is 0 Å². The van der Waals surface area contributed by atoms with E-state index in [9.17, 15) is 4.79 Å². The summed E-state index contributed by atoms with van der Waals surface area (Å²) in [6.45, 7) is 3.54. The molecule has 18 heavy (non-hydrogen) atoms. The van der Waals surface area contributed by atoms with Crippen LogP contribution in [0.15, 0.2) is 28.8 Å². The van der Waals surface area contributed by atoms with Crippen molar-refractivity contribution in [2.24, 2.45) is 0 Å². The van der Waals surface area contributed by atoms with E-state index in [1.165, 1.54) is 0 Å². The number of carbonyl (C=O) groups is 1. The molecule has 0 saturated carbocycles. The van der Waals surface area contributed by atoms with Crippen molar-refractivity contribution in [2.45, 2.75) is 25.8 Å². The van der Waals surface area contributed by atoms with Crippen molar-refractivity contribution in [1.29, 1.82) is 0 Å². The zero-order valence-electron chi connectivity index (χ0n) is 10.4. The van der Waals surface area contributed by atoms with E-state index >= 15 is 0 Å². The number of benzene rings is 1. The smallest absolute Gasteiger partial charge is 0.227 e. The van der Waals surface area contributed by atoms with Gasteiger partial charge in [-0.3, -0.25) is 4.79 Å². The van der Waals surface area contributed by atoms with E-state index in [-0.39, 0.29) is 12.3 Å². The van der Waals surface area contributed by atoms with Crippen LogP contribution in [-0.4, -0.2) is 16.6 Å². The molecule has 1 amide bonds. The van der Waals surface area contributed by atoms with Crippen molar-refractivity contribution in [1.82, 2.24) is 10.5 Å². The zero-order chi connectivity index (χ0) is 13.2. The number of terminal acetylenes is 1. The third-order valence-electron chi connectivity index (χ3n) is 2.59. The quantitative estimate of drug-likeness (QED) is 0.836. The van der Waals surface area contributed by atoms with Gasteiger partial charge in [0, 0.05) is 5.39 Å². The topological polar surface area (TPSA) is 55.1 Å². The number of rotatable bonds is 3. The number of nitrogens with one attached hydrogen (secondary N) is 1. The van der Waals surface area contributed by atoms with Crippen LogP contribution in [-0.2, 0) is 11.2 Å². The minimum absolute atomic E-state index is 0.155. The molecule has 0 aliphatic rings. The highest BCUT2D eigenvalue weighted by Crippen LogP contribution is 2.18. The number of carbonyl (C=O) groups excluding carboxylic acids is 1. The van der Waals surface area contributed by atoms with Gasteiger partial charge in [0.15, 0.2) is 5.58 Å². The molecule has 1 aromatic heterocycles. The predicted octanol–water partition coefficient (Wildman–Crippen LogP) is 1.90. The first-order valence-electron chi connectivity index (χ1n) is 5.64. The summed E-state index contributed by atoms with van der Waals surface area (Å²) < 4.78 is 5.14. The van der Waals surface area contributed by atoms with Gasteiger partial charge in [0.2, 0.25) is 5.91 Å². The SMILES string of the molecule is C#CC(C)(C)NC(=O)Cc1noc2ccccc12. The lowest BCUT2D eigenvalue weighted by Gasteiger charge is -2.18. The molecule has 2 aromatic rings. The molecule has 1 N–H and O–H groups in total. The Bertz CT molecular complexity index is 620. The van der Waals surface area contributed by atoms with Crippen molar-refractivity contribution in [3.05, 3.63) is 30.0 Å². The van der Waals surface area contributed by atoms with Gasteiger partial charge < -0.3 is 9.84 Å². The zero-order valence-corrected chi connectivity index (χ0v) is 10.4. The molecule has 92 valence electrons. The van der Waals surface area contributed by atoms with E-state index in [1.807, 2.05) is 24.3 Å². The van der Waals surface area contributed by atoms with E-state index in [1.54, 1.807) is 13.8 Å². The lowest BCUT2D eigenvalue weighted by molar-refractivity contribution is -0.121. The summed E-state index contributed by atoms with van der Waals surface area (Å²) in [6.07, 6.45) is 5.47. The molecule has 0 fully saturated rings. The van der Waals surface area contributed by atoms with Gasteiger partial charge in [-0.15, -0.1) is 6.42 Å². The van der Waals surface area contributed by atoms with Crippen LogP contribution in [0.2, 0.25) is 0 Å². The Labute approximate surface area is 105 Å². The number of nitrogens with zero attached hydrogens (tertiary/aromatic N) is 1. The Morgan fingerprint density at radius 3 is 2.94 bits per heavy atom. The Kier molecular flexibility index (Phi) is 3.07. The van der Waals surface area contributed by atoms with Crippen LogP contribution in [0.5, 0.6) is 0 Å². The predicted molar refractivity (Wildman–Crippen MR) is 68.8 cm³/mol. The van der Waals surface area contributed by atoms with Crippen LogP contribution < -0.4 is 5.32 Å². The highest BCUT2D eigenvalue weighted by Gasteiger charge is 2.19. The first-order valence-corrected chi connectivity index (χ1v) is 5.64. The summed E-state index contributed by atoms with van der Waals surface area (Å²) in [6, 6.07) is 7.43. The second kappa shape index (κ2) is 4.53. The first kappa shape index (κ1) is 12.2. The van der Waals surface area contributed by atoms with Crippen LogP contribution in [0, 0.1) is 12.3 Å². The molecule has 0 aliphatic heterocycles. The minimum atomic E-state index is -0.656. The molecule has 2 rings (SSSR count). The average molecular weight is 242 g/mol. The summed E-state index contributed by atoms with van der Waals surface area (Å²) >= 11 is 0. The molecule has 0 radical (unpaired) electrons. The fourth-order valence-corrected chi connectivity index (χ4v) is 1.65. The molecule has 0 bridgehead atoms. The Morgan fingerprint density at radius 2 is 2.22 bits per heavy atom. The second-order valence-corrected chi connectivity index (χ2v) is 4.62. The molecule has 0 unspecified atom stereocenters. The van der Waals surface area contributed by atoms with Gasteiger partial charge in [0.1, 0.15) is 5.69 Å². The number of amides is 1. The van der Waals surface area contributed by atoms with E-state index in [0.717, 1.165) is 5.39 Å². The largest absolute Gasteiger partial charge is 0.356 e. The maximum Gasteiger partial charge on any atom is 0.227 e. The molecule has 1 aromatic carbocycles. The third kappa shape index (κ3) is 2.51. The number of hydrogen-bond acceptors (Lipinski definition) is 3. The molecule has 1 heterocycles. The van der Waals surface area contributed by atoms with Gasteiger partial charge in [0.05, 0.1) is 12.0 Å². The average Bonchev–Trinajstić information content (AvgIpc) is 2.72. The van der Waals surface area contributed by atoms with Crippen LogP contribution in [0.4, 0.5) is 0 Å². The van der Waals surface area contributed by atoms with Crippen molar-refractivity contribution >= 4 is 16.9 Å². The fourth-order valence-electron chi connectivity index (χ4n) is 1.65. The third-order valence-corrected chi connectivity index (χ3v) is 2.59. The van der Waals surface area contributed by atoms with Crippen molar-refractivity contribution in [2.75, 3.05) is 0 Å². The molecule has 0 saturated heterocycles. The van der Waals surface area contributed by atoms with Crippen molar-refractivity contribution < 1.29 is 9.32 Å². The van der Waals surface area contributed by atoms with E-state index < -0.39 is 5.54 Å². The van der Waals surface area contributed by atoms with Crippen LogP contribution in [0.1, 0.15) is 19.5 Å². The lowest BCUT2D eigenvalue weighted by atomic mass is 10.1.